The first-order valence-electron chi connectivity index (χ1n) is 11.3. The van der Waals surface area contributed by atoms with E-state index < -0.39 is 0 Å². The maximum atomic E-state index is 13.0. The molecule has 5 nitrogen and oxygen atoms in total. The lowest BCUT2D eigenvalue weighted by atomic mass is 9.97. The summed E-state index contributed by atoms with van der Waals surface area (Å²) in [5.41, 5.74) is 4.48. The van der Waals surface area contributed by atoms with Crippen molar-refractivity contribution in [1.29, 1.82) is 0 Å². The largest absolute Gasteiger partial charge is 0.342 e. The summed E-state index contributed by atoms with van der Waals surface area (Å²) in [5.74, 6) is 1.86. The number of nitrogens with one attached hydrogen (secondary N) is 1. The van der Waals surface area contributed by atoms with E-state index in [4.69, 9.17) is 0 Å². The zero-order valence-electron chi connectivity index (χ0n) is 19.0. The number of aryl methyl sites for hydroxylation is 1. The molecule has 7 heteroatoms. The van der Waals surface area contributed by atoms with E-state index in [1.54, 1.807) is 23.1 Å². The van der Waals surface area contributed by atoms with Crippen molar-refractivity contribution in [2.45, 2.75) is 32.6 Å². The Bertz CT molecular complexity index is 1100. The third kappa shape index (κ3) is 5.84. The highest BCUT2D eigenvalue weighted by molar-refractivity contribution is 7.99. The summed E-state index contributed by atoms with van der Waals surface area (Å²) >= 11 is 3.21. The smallest absolute Gasteiger partial charge is 0.275 e. The molecule has 0 atom stereocenters. The van der Waals surface area contributed by atoms with Gasteiger partial charge in [0, 0.05) is 35.6 Å². The van der Waals surface area contributed by atoms with Crippen LogP contribution in [0.2, 0.25) is 0 Å². The van der Waals surface area contributed by atoms with E-state index in [-0.39, 0.29) is 11.8 Å². The number of thiazole rings is 1. The fraction of sp³-hybridized carbons (Fsp3) is 0.346. The molecule has 0 spiro atoms. The van der Waals surface area contributed by atoms with Gasteiger partial charge in [-0.3, -0.25) is 9.59 Å². The third-order valence-corrected chi connectivity index (χ3v) is 7.79. The first-order chi connectivity index (χ1) is 16.0. The fourth-order valence-corrected chi connectivity index (χ4v) is 5.53. The van der Waals surface area contributed by atoms with E-state index in [2.05, 4.69) is 48.4 Å². The highest BCUT2D eigenvalue weighted by atomic mass is 32.2. The summed E-state index contributed by atoms with van der Waals surface area (Å²) < 4.78 is 0. The van der Waals surface area contributed by atoms with E-state index in [0.717, 1.165) is 53.5 Å². The van der Waals surface area contributed by atoms with Gasteiger partial charge in [0.25, 0.3) is 5.91 Å². The molecule has 1 aliphatic rings. The number of carbonyl (C=O) groups excluding carboxylic acids is 2. The number of aromatic nitrogens is 1. The van der Waals surface area contributed by atoms with Crippen molar-refractivity contribution in [3.63, 3.8) is 0 Å². The van der Waals surface area contributed by atoms with Gasteiger partial charge in [0.05, 0.1) is 10.8 Å². The zero-order valence-corrected chi connectivity index (χ0v) is 20.7. The minimum absolute atomic E-state index is 0.193. The second-order valence-electron chi connectivity index (χ2n) is 8.23. The number of piperidine rings is 1. The third-order valence-electron chi connectivity index (χ3n) is 5.92. The molecule has 33 heavy (non-hydrogen) atoms. The average Bonchev–Trinajstić information content (AvgIpc) is 3.34. The molecule has 2 amide bonds. The van der Waals surface area contributed by atoms with Gasteiger partial charge < -0.3 is 10.2 Å². The van der Waals surface area contributed by atoms with Crippen molar-refractivity contribution in [2.24, 2.45) is 0 Å². The van der Waals surface area contributed by atoms with Gasteiger partial charge in [0.1, 0.15) is 5.69 Å². The van der Waals surface area contributed by atoms with Gasteiger partial charge in [-0.15, -0.1) is 11.3 Å². The SMILES string of the molecule is CCSCC(=O)N1CCC(c2nc(C(=O)Nc3ccccc3-c3ccc(C)cc3)cs2)CC1. The lowest BCUT2D eigenvalue weighted by Gasteiger charge is -2.31. The Labute approximate surface area is 203 Å². The van der Waals surface area contributed by atoms with E-state index >= 15 is 0 Å². The number of hydrogen-bond acceptors (Lipinski definition) is 5. The van der Waals surface area contributed by atoms with E-state index in [1.165, 1.54) is 5.56 Å². The van der Waals surface area contributed by atoms with Gasteiger partial charge in [-0.1, -0.05) is 55.0 Å². The molecule has 1 aromatic heterocycles. The fourth-order valence-electron chi connectivity index (χ4n) is 4.00. The molecule has 3 aromatic rings. The summed E-state index contributed by atoms with van der Waals surface area (Å²) in [4.78, 5) is 31.8. The number of likely N-dealkylation sites (tertiary alicyclic amines) is 1. The summed E-state index contributed by atoms with van der Waals surface area (Å²) in [5, 5.41) is 5.88. The minimum atomic E-state index is -0.193. The molecule has 0 unspecified atom stereocenters. The van der Waals surface area contributed by atoms with Crippen molar-refractivity contribution >= 4 is 40.6 Å². The molecule has 4 rings (SSSR count). The molecule has 2 aromatic carbocycles. The maximum absolute atomic E-state index is 13.0. The molecule has 0 bridgehead atoms. The van der Waals surface area contributed by atoms with Crippen LogP contribution in [0, 0.1) is 6.92 Å². The second kappa shape index (κ2) is 11.0. The highest BCUT2D eigenvalue weighted by Gasteiger charge is 2.26. The van der Waals surface area contributed by atoms with Crippen LogP contribution in [0.4, 0.5) is 5.69 Å². The summed E-state index contributed by atoms with van der Waals surface area (Å²) in [6, 6.07) is 16.1. The number of amides is 2. The molecule has 172 valence electrons. The molecule has 1 aliphatic heterocycles. The maximum Gasteiger partial charge on any atom is 0.275 e. The van der Waals surface area contributed by atoms with Gasteiger partial charge >= 0.3 is 0 Å². The van der Waals surface area contributed by atoms with Crippen molar-refractivity contribution in [3.05, 3.63) is 70.2 Å². The predicted molar refractivity (Wildman–Crippen MR) is 138 cm³/mol. The number of rotatable bonds is 7. The number of para-hydroxylation sites is 1. The van der Waals surface area contributed by atoms with Gasteiger partial charge in [0.2, 0.25) is 5.91 Å². The predicted octanol–water partition coefficient (Wildman–Crippen LogP) is 5.83. The van der Waals surface area contributed by atoms with Crippen molar-refractivity contribution in [3.8, 4) is 11.1 Å². The summed E-state index contributed by atoms with van der Waals surface area (Å²) in [6.45, 7) is 5.66. The molecule has 1 N–H and O–H groups in total. The Hall–Kier alpha value is -2.64. The van der Waals surface area contributed by atoms with Crippen LogP contribution in [0.1, 0.15) is 46.7 Å². The standard InChI is InChI=1S/C26H29N3O2S2/c1-3-32-17-24(30)29-14-12-20(13-15-29)26-28-23(16-33-26)25(31)27-22-7-5-4-6-21(22)19-10-8-18(2)9-11-19/h4-11,16,20H,3,12-15,17H2,1-2H3,(H,27,31). The molecule has 1 fully saturated rings. The normalized spacial score (nSPS) is 14.3. The number of benzene rings is 2. The highest BCUT2D eigenvalue weighted by Crippen LogP contribution is 2.32. The van der Waals surface area contributed by atoms with Gasteiger partial charge in [-0.05, 0) is 37.1 Å². The van der Waals surface area contributed by atoms with Crippen LogP contribution < -0.4 is 5.32 Å². The van der Waals surface area contributed by atoms with Crippen LogP contribution in [-0.4, -0.2) is 46.3 Å². The first-order valence-corrected chi connectivity index (χ1v) is 13.4. The first kappa shape index (κ1) is 23.5. The Kier molecular flexibility index (Phi) is 7.83. The van der Waals surface area contributed by atoms with Gasteiger partial charge in [0.15, 0.2) is 0 Å². The Morgan fingerprint density at radius 2 is 1.85 bits per heavy atom. The summed E-state index contributed by atoms with van der Waals surface area (Å²) in [7, 11) is 0. The molecular weight excluding hydrogens is 450 g/mol. The molecule has 0 aliphatic carbocycles. The van der Waals surface area contributed by atoms with Crippen LogP contribution >= 0.6 is 23.1 Å². The Morgan fingerprint density at radius 1 is 1.12 bits per heavy atom. The molecule has 0 saturated carbocycles. The topological polar surface area (TPSA) is 62.3 Å². The van der Waals surface area contributed by atoms with Crippen LogP contribution in [0.5, 0.6) is 0 Å². The van der Waals surface area contributed by atoms with Crippen molar-refractivity contribution < 1.29 is 9.59 Å². The lowest BCUT2D eigenvalue weighted by molar-refractivity contribution is -0.129. The number of thioether (sulfide) groups is 1. The Morgan fingerprint density at radius 3 is 2.58 bits per heavy atom. The summed E-state index contributed by atoms with van der Waals surface area (Å²) in [6.07, 6.45) is 1.79. The minimum Gasteiger partial charge on any atom is -0.342 e. The average molecular weight is 480 g/mol. The second-order valence-corrected chi connectivity index (χ2v) is 10.4. The quantitative estimate of drug-likeness (QED) is 0.463. The van der Waals surface area contributed by atoms with E-state index in [9.17, 15) is 9.59 Å². The monoisotopic (exact) mass is 479 g/mol. The van der Waals surface area contributed by atoms with Crippen LogP contribution in [-0.2, 0) is 4.79 Å². The van der Waals surface area contributed by atoms with Crippen molar-refractivity contribution in [2.75, 3.05) is 29.9 Å². The number of hydrogen-bond donors (Lipinski definition) is 1. The van der Waals surface area contributed by atoms with Crippen LogP contribution in [0.3, 0.4) is 0 Å². The van der Waals surface area contributed by atoms with Gasteiger partial charge in [-0.25, -0.2) is 4.98 Å². The Balaban J connectivity index is 1.40. The van der Waals surface area contributed by atoms with E-state index in [1.807, 2.05) is 34.5 Å². The van der Waals surface area contributed by atoms with Gasteiger partial charge in [-0.2, -0.15) is 11.8 Å². The zero-order chi connectivity index (χ0) is 23.2. The lowest BCUT2D eigenvalue weighted by Crippen LogP contribution is -2.39. The number of carbonyl (C=O) groups is 2. The molecule has 1 saturated heterocycles. The van der Waals surface area contributed by atoms with E-state index in [0.29, 0.717) is 17.4 Å². The van der Waals surface area contributed by atoms with Crippen LogP contribution in [0.15, 0.2) is 53.9 Å². The number of anilines is 1. The molecular formula is C26H29N3O2S2. The molecule has 2 heterocycles. The van der Waals surface area contributed by atoms with Crippen molar-refractivity contribution in [1.82, 2.24) is 9.88 Å². The number of nitrogens with zero attached hydrogens (tertiary/aromatic N) is 2. The molecule has 0 radical (unpaired) electrons. The van der Waals surface area contributed by atoms with Crippen LogP contribution in [0.25, 0.3) is 11.1 Å².